The number of sulfonamides is 1. The first-order valence-electron chi connectivity index (χ1n) is 7.35. The van der Waals surface area contributed by atoms with E-state index in [9.17, 15) is 17.6 Å². The van der Waals surface area contributed by atoms with E-state index in [0.717, 1.165) is 6.26 Å². The van der Waals surface area contributed by atoms with Gasteiger partial charge < -0.3 is 9.64 Å². The molecule has 0 aromatic heterocycles. The molecule has 0 heterocycles. The largest absolute Gasteiger partial charge is 0.494 e. The summed E-state index contributed by atoms with van der Waals surface area (Å²) in [4.78, 5) is 13.9. The van der Waals surface area contributed by atoms with Crippen LogP contribution in [0.3, 0.4) is 0 Å². The number of carbonyl (C=O) groups is 1. The first-order chi connectivity index (χ1) is 11.7. The molecule has 25 heavy (non-hydrogen) atoms. The second kappa shape index (κ2) is 7.52. The van der Waals surface area contributed by atoms with Crippen LogP contribution in [0.15, 0.2) is 42.5 Å². The summed E-state index contributed by atoms with van der Waals surface area (Å²) >= 11 is 0. The number of amides is 1. The highest BCUT2D eigenvalue weighted by Crippen LogP contribution is 2.19. The molecule has 0 saturated heterocycles. The lowest BCUT2D eigenvalue weighted by molar-refractivity contribution is 0.0785. The Balaban J connectivity index is 2.08. The third-order valence-electron chi connectivity index (χ3n) is 3.42. The number of nitrogens with zero attached hydrogens (tertiary/aromatic N) is 1. The minimum absolute atomic E-state index is 0.145. The summed E-state index contributed by atoms with van der Waals surface area (Å²) in [5, 5.41) is 0. The van der Waals surface area contributed by atoms with E-state index in [4.69, 9.17) is 4.74 Å². The van der Waals surface area contributed by atoms with Crippen molar-refractivity contribution in [1.29, 1.82) is 0 Å². The van der Waals surface area contributed by atoms with E-state index < -0.39 is 15.8 Å². The predicted octanol–water partition coefficient (Wildman–Crippen LogP) is 2.48. The average molecular weight is 366 g/mol. The van der Waals surface area contributed by atoms with Gasteiger partial charge in [0.25, 0.3) is 5.91 Å². The summed E-state index contributed by atoms with van der Waals surface area (Å²) in [7, 11) is -0.379. The number of benzene rings is 2. The second-order valence-corrected chi connectivity index (χ2v) is 7.33. The third-order valence-corrected chi connectivity index (χ3v) is 4.02. The van der Waals surface area contributed by atoms with Gasteiger partial charge in [-0.2, -0.15) is 0 Å². The number of anilines is 1. The van der Waals surface area contributed by atoms with E-state index in [2.05, 4.69) is 4.72 Å². The maximum Gasteiger partial charge on any atom is 0.253 e. The van der Waals surface area contributed by atoms with E-state index in [1.54, 1.807) is 13.1 Å². The molecule has 6 nitrogen and oxygen atoms in total. The lowest BCUT2D eigenvalue weighted by Gasteiger charge is -2.18. The van der Waals surface area contributed by atoms with Crippen LogP contribution >= 0.6 is 0 Å². The molecule has 0 atom stereocenters. The zero-order valence-electron chi connectivity index (χ0n) is 14.1. The van der Waals surface area contributed by atoms with Crippen molar-refractivity contribution in [2.45, 2.75) is 6.54 Å². The maximum atomic E-state index is 13.7. The molecule has 8 heteroatoms. The number of halogens is 1. The molecule has 0 aliphatic rings. The number of hydrogen-bond acceptors (Lipinski definition) is 4. The van der Waals surface area contributed by atoms with Gasteiger partial charge in [-0.3, -0.25) is 9.52 Å². The van der Waals surface area contributed by atoms with Gasteiger partial charge in [0.1, 0.15) is 0 Å². The first kappa shape index (κ1) is 18.7. The average Bonchev–Trinajstić information content (AvgIpc) is 2.53. The van der Waals surface area contributed by atoms with Crippen molar-refractivity contribution in [2.75, 3.05) is 25.1 Å². The minimum Gasteiger partial charge on any atom is -0.494 e. The third kappa shape index (κ3) is 5.18. The number of methoxy groups -OCH3 is 1. The molecule has 2 aromatic carbocycles. The maximum absolute atomic E-state index is 13.7. The van der Waals surface area contributed by atoms with Crippen LogP contribution in [0.25, 0.3) is 0 Å². The Hall–Kier alpha value is -2.61. The molecule has 1 amide bonds. The van der Waals surface area contributed by atoms with Gasteiger partial charge in [-0.05, 0) is 42.0 Å². The van der Waals surface area contributed by atoms with Gasteiger partial charge in [0, 0.05) is 24.8 Å². The number of carbonyl (C=O) groups excluding carboxylic acids is 1. The Kier molecular flexibility index (Phi) is 5.63. The summed E-state index contributed by atoms with van der Waals surface area (Å²) in [6.45, 7) is 0.225. The number of rotatable bonds is 6. The van der Waals surface area contributed by atoms with Gasteiger partial charge in [0.2, 0.25) is 10.0 Å². The second-order valence-electron chi connectivity index (χ2n) is 5.58. The minimum atomic E-state index is -3.37. The van der Waals surface area contributed by atoms with E-state index in [-0.39, 0.29) is 18.2 Å². The van der Waals surface area contributed by atoms with Gasteiger partial charge >= 0.3 is 0 Å². The molecule has 0 radical (unpaired) electrons. The summed E-state index contributed by atoms with van der Waals surface area (Å²) in [6, 6.07) is 10.6. The fraction of sp³-hybridized carbons (Fsp3) is 0.235. The molecule has 2 aromatic rings. The van der Waals surface area contributed by atoms with Crippen molar-refractivity contribution < 1.29 is 22.3 Å². The molecular formula is C17H19FN2O4S. The van der Waals surface area contributed by atoms with Gasteiger partial charge in [0.05, 0.1) is 13.4 Å². The fourth-order valence-corrected chi connectivity index (χ4v) is 2.83. The van der Waals surface area contributed by atoms with E-state index in [1.165, 1.54) is 48.4 Å². The molecule has 0 bridgehead atoms. The zero-order chi connectivity index (χ0) is 18.6. The fourth-order valence-electron chi connectivity index (χ4n) is 2.27. The van der Waals surface area contributed by atoms with E-state index >= 15 is 0 Å². The van der Waals surface area contributed by atoms with Crippen LogP contribution in [0.4, 0.5) is 10.1 Å². The van der Waals surface area contributed by atoms with Crippen LogP contribution in [-0.4, -0.2) is 39.6 Å². The predicted molar refractivity (Wildman–Crippen MR) is 93.7 cm³/mol. The molecule has 0 aliphatic heterocycles. The number of hydrogen-bond donors (Lipinski definition) is 1. The number of nitrogens with one attached hydrogen (secondary N) is 1. The Morgan fingerprint density at radius 3 is 2.36 bits per heavy atom. The summed E-state index contributed by atoms with van der Waals surface area (Å²) in [5.74, 6) is -0.606. The molecule has 0 aliphatic carbocycles. The lowest BCUT2D eigenvalue weighted by Crippen LogP contribution is -2.26. The smallest absolute Gasteiger partial charge is 0.253 e. The van der Waals surface area contributed by atoms with Crippen LogP contribution in [0.1, 0.15) is 15.9 Å². The standard InChI is InChI=1S/C17H19FN2O4S/c1-20(11-12-4-9-16(24-2)15(18)10-12)17(21)13-5-7-14(8-6-13)19-25(3,22)23/h4-10,19H,11H2,1-3H3. The molecular weight excluding hydrogens is 347 g/mol. The van der Waals surface area contributed by atoms with Gasteiger partial charge in [-0.1, -0.05) is 6.07 Å². The summed E-state index contributed by atoms with van der Waals surface area (Å²) < 4.78 is 43.3. The van der Waals surface area contributed by atoms with Crippen molar-refractivity contribution >= 4 is 21.6 Å². The quantitative estimate of drug-likeness (QED) is 0.852. The van der Waals surface area contributed by atoms with Crippen LogP contribution in [-0.2, 0) is 16.6 Å². The highest BCUT2D eigenvalue weighted by atomic mass is 32.2. The van der Waals surface area contributed by atoms with Crippen LogP contribution in [0, 0.1) is 5.82 Å². The van der Waals surface area contributed by atoms with Crippen LogP contribution in [0.2, 0.25) is 0 Å². The molecule has 134 valence electrons. The Labute approximate surface area is 146 Å². The van der Waals surface area contributed by atoms with Gasteiger partial charge in [-0.15, -0.1) is 0 Å². The van der Waals surface area contributed by atoms with Crippen LogP contribution < -0.4 is 9.46 Å². The summed E-state index contributed by atoms with van der Waals surface area (Å²) in [6.07, 6.45) is 1.05. The van der Waals surface area contributed by atoms with Crippen LogP contribution in [0.5, 0.6) is 5.75 Å². The first-order valence-corrected chi connectivity index (χ1v) is 9.24. The Morgan fingerprint density at radius 1 is 1.20 bits per heavy atom. The molecule has 0 spiro atoms. The molecule has 0 unspecified atom stereocenters. The molecule has 0 saturated carbocycles. The van der Waals surface area contributed by atoms with Crippen molar-refractivity contribution in [3.63, 3.8) is 0 Å². The number of ether oxygens (including phenoxy) is 1. The van der Waals surface area contributed by atoms with E-state index in [0.29, 0.717) is 16.8 Å². The Morgan fingerprint density at radius 2 is 1.84 bits per heavy atom. The molecule has 1 N–H and O–H groups in total. The zero-order valence-corrected chi connectivity index (χ0v) is 14.9. The lowest BCUT2D eigenvalue weighted by atomic mass is 10.1. The highest BCUT2D eigenvalue weighted by Gasteiger charge is 2.13. The monoisotopic (exact) mass is 366 g/mol. The Bertz CT molecular complexity index is 867. The molecule has 0 fully saturated rings. The van der Waals surface area contributed by atoms with Crippen molar-refractivity contribution in [2.24, 2.45) is 0 Å². The normalized spacial score (nSPS) is 11.0. The highest BCUT2D eigenvalue weighted by molar-refractivity contribution is 7.92. The SMILES string of the molecule is COc1ccc(CN(C)C(=O)c2ccc(NS(C)(=O)=O)cc2)cc1F. The van der Waals surface area contributed by atoms with E-state index in [1.807, 2.05) is 0 Å². The van der Waals surface area contributed by atoms with Crippen molar-refractivity contribution in [3.8, 4) is 5.75 Å². The van der Waals surface area contributed by atoms with Crippen molar-refractivity contribution in [1.82, 2.24) is 4.90 Å². The van der Waals surface area contributed by atoms with Crippen molar-refractivity contribution in [3.05, 3.63) is 59.4 Å². The van der Waals surface area contributed by atoms with Gasteiger partial charge in [-0.25, -0.2) is 12.8 Å². The molecule has 2 rings (SSSR count). The topological polar surface area (TPSA) is 75.7 Å². The van der Waals surface area contributed by atoms with Gasteiger partial charge in [0.15, 0.2) is 11.6 Å². The summed E-state index contributed by atoms with van der Waals surface area (Å²) in [5.41, 5.74) is 1.40.